The number of nitrogens with zero attached hydrogens (tertiary/aromatic N) is 3. The van der Waals surface area contributed by atoms with Gasteiger partial charge in [-0.2, -0.15) is 5.10 Å². The normalized spacial score (nSPS) is 21.7. The molecule has 1 unspecified atom stereocenters. The number of aromatic nitrogens is 2. The molecule has 0 amide bonds. The van der Waals surface area contributed by atoms with Gasteiger partial charge in [0.05, 0.1) is 6.20 Å². The van der Waals surface area contributed by atoms with Crippen LogP contribution in [0, 0.1) is 5.82 Å². The molecule has 5 nitrogen and oxygen atoms in total. The third-order valence-electron chi connectivity index (χ3n) is 4.29. The van der Waals surface area contributed by atoms with E-state index in [1.165, 1.54) is 17.7 Å². The number of methoxy groups -OCH3 is 1. The van der Waals surface area contributed by atoms with Gasteiger partial charge in [-0.15, -0.1) is 0 Å². The molecule has 0 spiro atoms. The van der Waals surface area contributed by atoms with Crippen LogP contribution in [0.25, 0.3) is 0 Å². The predicted molar refractivity (Wildman–Crippen MR) is 84.7 cm³/mol. The Bertz CT molecular complexity index is 661. The fourth-order valence-electron chi connectivity index (χ4n) is 2.99. The summed E-state index contributed by atoms with van der Waals surface area (Å²) in [6.07, 6.45) is 4.80. The Labute approximate surface area is 135 Å². The van der Waals surface area contributed by atoms with Crippen molar-refractivity contribution in [3.63, 3.8) is 0 Å². The summed E-state index contributed by atoms with van der Waals surface area (Å²) in [5.74, 6) is 0.241. The van der Waals surface area contributed by atoms with Crippen molar-refractivity contribution in [3.8, 4) is 5.75 Å². The number of benzene rings is 1. The molecule has 1 aliphatic rings. The number of halogens is 1. The number of ether oxygens (including phenoxy) is 2. The number of likely N-dealkylation sites (tertiary alicyclic amines) is 1. The minimum absolute atomic E-state index is 0.293. The third-order valence-corrected chi connectivity index (χ3v) is 4.29. The van der Waals surface area contributed by atoms with Crippen LogP contribution < -0.4 is 4.74 Å². The van der Waals surface area contributed by atoms with Crippen LogP contribution in [0.2, 0.25) is 0 Å². The van der Waals surface area contributed by atoms with E-state index < -0.39 is 0 Å². The molecule has 1 aromatic heterocycles. The van der Waals surface area contributed by atoms with Crippen LogP contribution in [-0.2, 0) is 18.3 Å². The lowest BCUT2D eigenvalue weighted by molar-refractivity contribution is -0.0360. The van der Waals surface area contributed by atoms with Gasteiger partial charge in [-0.1, -0.05) is 6.07 Å². The first-order chi connectivity index (χ1) is 11.1. The maximum atomic E-state index is 13.2. The van der Waals surface area contributed by atoms with Gasteiger partial charge in [0, 0.05) is 51.6 Å². The molecule has 0 saturated carbocycles. The van der Waals surface area contributed by atoms with E-state index in [0.717, 1.165) is 26.1 Å². The summed E-state index contributed by atoms with van der Waals surface area (Å²) >= 11 is 0. The van der Waals surface area contributed by atoms with E-state index in [1.54, 1.807) is 19.2 Å². The smallest absolute Gasteiger partial charge is 0.126 e. The molecular weight excluding hydrogens is 297 g/mol. The second-order valence-corrected chi connectivity index (χ2v) is 6.12. The Morgan fingerprint density at radius 3 is 2.96 bits per heavy atom. The standard InChI is InChI=1S/C17H22FN3O2/c1-20-10-14(9-19-20)11-21-7-6-17(12-21,22-2)13-23-16-5-3-4-15(18)8-16/h3-5,8-10H,6-7,11-13H2,1-2H3. The van der Waals surface area contributed by atoms with E-state index in [1.807, 2.05) is 24.1 Å². The van der Waals surface area contributed by atoms with E-state index in [4.69, 9.17) is 9.47 Å². The van der Waals surface area contributed by atoms with Crippen LogP contribution in [0.1, 0.15) is 12.0 Å². The van der Waals surface area contributed by atoms with Crippen LogP contribution in [0.5, 0.6) is 5.75 Å². The Kier molecular flexibility index (Phi) is 4.63. The second-order valence-electron chi connectivity index (χ2n) is 6.12. The number of hydrogen-bond acceptors (Lipinski definition) is 4. The number of hydrogen-bond donors (Lipinski definition) is 0. The first-order valence-electron chi connectivity index (χ1n) is 7.72. The van der Waals surface area contributed by atoms with Gasteiger partial charge < -0.3 is 9.47 Å². The van der Waals surface area contributed by atoms with Crippen LogP contribution in [0.15, 0.2) is 36.7 Å². The molecule has 0 N–H and O–H groups in total. The van der Waals surface area contributed by atoms with Crippen LogP contribution in [-0.4, -0.2) is 47.1 Å². The highest BCUT2D eigenvalue weighted by Crippen LogP contribution is 2.27. The summed E-state index contributed by atoms with van der Waals surface area (Å²) in [5, 5.41) is 4.20. The van der Waals surface area contributed by atoms with Crippen LogP contribution in [0.3, 0.4) is 0 Å². The first-order valence-corrected chi connectivity index (χ1v) is 7.72. The van der Waals surface area contributed by atoms with Crippen molar-refractivity contribution in [1.29, 1.82) is 0 Å². The zero-order valence-electron chi connectivity index (χ0n) is 13.5. The maximum Gasteiger partial charge on any atom is 0.126 e. The average Bonchev–Trinajstić information content (AvgIpc) is 3.13. The molecule has 0 bridgehead atoms. The van der Waals surface area contributed by atoms with Gasteiger partial charge in [0.1, 0.15) is 23.8 Å². The summed E-state index contributed by atoms with van der Waals surface area (Å²) in [7, 11) is 3.63. The quantitative estimate of drug-likeness (QED) is 0.818. The lowest BCUT2D eigenvalue weighted by atomic mass is 10.0. The van der Waals surface area contributed by atoms with Crippen LogP contribution in [0.4, 0.5) is 4.39 Å². The Morgan fingerprint density at radius 2 is 2.26 bits per heavy atom. The minimum atomic E-state index is -0.353. The summed E-state index contributed by atoms with van der Waals surface area (Å²) in [6.45, 7) is 2.98. The first kappa shape index (κ1) is 16.0. The maximum absolute atomic E-state index is 13.2. The molecule has 23 heavy (non-hydrogen) atoms. The van der Waals surface area contributed by atoms with E-state index in [-0.39, 0.29) is 11.4 Å². The largest absolute Gasteiger partial charge is 0.490 e. The highest BCUT2D eigenvalue weighted by molar-refractivity contribution is 5.22. The van der Waals surface area contributed by atoms with E-state index in [2.05, 4.69) is 10.00 Å². The van der Waals surface area contributed by atoms with Crippen molar-refractivity contribution in [2.75, 3.05) is 26.8 Å². The molecule has 1 atom stereocenters. The monoisotopic (exact) mass is 319 g/mol. The lowest BCUT2D eigenvalue weighted by Crippen LogP contribution is -2.41. The highest BCUT2D eigenvalue weighted by Gasteiger charge is 2.39. The SMILES string of the molecule is COC1(COc2cccc(F)c2)CCN(Cc2cnn(C)c2)C1. The van der Waals surface area contributed by atoms with Crippen LogP contribution >= 0.6 is 0 Å². The van der Waals surface area contributed by atoms with Gasteiger partial charge in [-0.25, -0.2) is 4.39 Å². The average molecular weight is 319 g/mol. The Morgan fingerprint density at radius 1 is 1.39 bits per heavy atom. The Hall–Kier alpha value is -1.92. The van der Waals surface area contributed by atoms with Gasteiger partial charge >= 0.3 is 0 Å². The van der Waals surface area contributed by atoms with E-state index >= 15 is 0 Å². The zero-order valence-corrected chi connectivity index (χ0v) is 13.5. The summed E-state index contributed by atoms with van der Waals surface area (Å²) < 4.78 is 26.5. The van der Waals surface area contributed by atoms with Gasteiger partial charge in [-0.05, 0) is 18.6 Å². The fourth-order valence-corrected chi connectivity index (χ4v) is 2.99. The molecule has 0 radical (unpaired) electrons. The predicted octanol–water partition coefficient (Wildman–Crippen LogP) is 2.23. The van der Waals surface area contributed by atoms with Crippen molar-refractivity contribution < 1.29 is 13.9 Å². The minimum Gasteiger partial charge on any atom is -0.490 e. The van der Waals surface area contributed by atoms with Gasteiger partial charge in [0.15, 0.2) is 0 Å². The third kappa shape index (κ3) is 3.89. The zero-order chi connectivity index (χ0) is 16.3. The molecule has 0 aliphatic carbocycles. The van der Waals surface area contributed by atoms with E-state index in [0.29, 0.717) is 12.4 Å². The van der Waals surface area contributed by atoms with E-state index in [9.17, 15) is 4.39 Å². The van der Waals surface area contributed by atoms with Gasteiger partial charge in [-0.3, -0.25) is 9.58 Å². The lowest BCUT2D eigenvalue weighted by Gasteiger charge is -2.28. The molecule has 6 heteroatoms. The van der Waals surface area contributed by atoms with Crippen molar-refractivity contribution in [1.82, 2.24) is 14.7 Å². The van der Waals surface area contributed by atoms with Crippen molar-refractivity contribution >= 4 is 0 Å². The molecule has 1 fully saturated rings. The Balaban J connectivity index is 1.58. The molecule has 1 saturated heterocycles. The van der Waals surface area contributed by atoms with Crippen molar-refractivity contribution in [2.45, 2.75) is 18.6 Å². The fraction of sp³-hybridized carbons (Fsp3) is 0.471. The number of aryl methyl sites for hydroxylation is 1. The van der Waals surface area contributed by atoms with Gasteiger partial charge in [0.25, 0.3) is 0 Å². The molecule has 2 heterocycles. The molecule has 3 rings (SSSR count). The summed E-state index contributed by atoms with van der Waals surface area (Å²) in [5.41, 5.74) is 0.833. The molecule has 1 aliphatic heterocycles. The molecular formula is C17H22FN3O2. The van der Waals surface area contributed by atoms with Gasteiger partial charge in [0.2, 0.25) is 0 Å². The molecule has 2 aromatic rings. The topological polar surface area (TPSA) is 39.5 Å². The highest BCUT2D eigenvalue weighted by atomic mass is 19.1. The van der Waals surface area contributed by atoms with Crippen molar-refractivity contribution in [3.05, 3.63) is 48.0 Å². The second kappa shape index (κ2) is 6.68. The molecule has 124 valence electrons. The number of rotatable bonds is 6. The summed E-state index contributed by atoms with van der Waals surface area (Å²) in [4.78, 5) is 2.33. The molecule has 1 aromatic carbocycles. The summed E-state index contributed by atoms with van der Waals surface area (Å²) in [6, 6.07) is 6.21. The van der Waals surface area contributed by atoms with Crippen molar-refractivity contribution in [2.24, 2.45) is 7.05 Å².